The van der Waals surface area contributed by atoms with Crippen LogP contribution in [0.3, 0.4) is 0 Å². The lowest BCUT2D eigenvalue weighted by Gasteiger charge is -2.18. The van der Waals surface area contributed by atoms with E-state index in [9.17, 15) is 0 Å². The van der Waals surface area contributed by atoms with E-state index in [4.69, 9.17) is 4.74 Å². The Morgan fingerprint density at radius 2 is 2.23 bits per heavy atom. The van der Waals surface area contributed by atoms with Crippen LogP contribution in [0.1, 0.15) is 29.6 Å². The van der Waals surface area contributed by atoms with Crippen LogP contribution >= 0.6 is 11.3 Å². The first kappa shape index (κ1) is 13.6. The van der Waals surface area contributed by atoms with Crippen molar-refractivity contribution in [2.75, 3.05) is 0 Å². The third kappa shape index (κ3) is 2.35. The fraction of sp³-hybridized carbons (Fsp3) is 0.353. The van der Waals surface area contributed by atoms with Crippen molar-refractivity contribution in [1.82, 2.24) is 15.0 Å². The summed E-state index contributed by atoms with van der Waals surface area (Å²) >= 11 is 1.80. The van der Waals surface area contributed by atoms with Gasteiger partial charge in [0.05, 0.1) is 11.6 Å². The van der Waals surface area contributed by atoms with Crippen molar-refractivity contribution in [3.63, 3.8) is 0 Å². The van der Waals surface area contributed by atoms with Gasteiger partial charge >= 0.3 is 0 Å². The maximum absolute atomic E-state index is 6.02. The van der Waals surface area contributed by atoms with E-state index >= 15 is 0 Å². The zero-order valence-corrected chi connectivity index (χ0v) is 13.5. The Hall–Kier alpha value is -2.01. The summed E-state index contributed by atoms with van der Waals surface area (Å²) < 4.78 is 6.02. The quantitative estimate of drug-likeness (QED) is 0.707. The van der Waals surface area contributed by atoms with Gasteiger partial charge in [-0.25, -0.2) is 4.98 Å². The highest BCUT2D eigenvalue weighted by molar-refractivity contribution is 7.18. The van der Waals surface area contributed by atoms with Crippen LogP contribution in [-0.2, 0) is 12.8 Å². The Balaban J connectivity index is 1.86. The molecule has 1 aliphatic carbocycles. The molecule has 0 saturated heterocycles. The molecule has 5 heteroatoms. The lowest BCUT2D eigenvalue weighted by Crippen LogP contribution is -2.08. The largest absolute Gasteiger partial charge is 0.437 e. The number of nitrogens with zero attached hydrogens (tertiary/aromatic N) is 3. The van der Waals surface area contributed by atoms with E-state index in [0.29, 0.717) is 11.6 Å². The van der Waals surface area contributed by atoms with E-state index in [0.717, 1.165) is 34.8 Å². The van der Waals surface area contributed by atoms with Gasteiger partial charge < -0.3 is 4.74 Å². The summed E-state index contributed by atoms with van der Waals surface area (Å²) in [7, 11) is 0. The normalized spacial score (nSPS) is 17.5. The Labute approximate surface area is 133 Å². The molecule has 4 nitrogen and oxygen atoms in total. The predicted molar refractivity (Wildman–Crippen MR) is 87.7 cm³/mol. The topological polar surface area (TPSA) is 47.9 Å². The minimum Gasteiger partial charge on any atom is -0.437 e. The van der Waals surface area contributed by atoms with Crippen molar-refractivity contribution in [3.05, 3.63) is 40.8 Å². The van der Waals surface area contributed by atoms with Crippen LogP contribution in [0.2, 0.25) is 0 Å². The minimum absolute atomic E-state index is 0.669. The standard InChI is InChI=1S/C17H17N3OS/c1-10-5-6-13-14(8-10)22-17-15(13)16(19-11(2)20-17)21-12-4-3-7-18-9-12/h3-4,7,9-10H,5-6,8H2,1-2H3. The van der Waals surface area contributed by atoms with Crippen LogP contribution in [0.25, 0.3) is 10.2 Å². The van der Waals surface area contributed by atoms with Crippen molar-refractivity contribution in [2.45, 2.75) is 33.1 Å². The average molecular weight is 311 g/mol. The molecule has 0 radical (unpaired) electrons. The lowest BCUT2D eigenvalue weighted by molar-refractivity contribution is 0.462. The van der Waals surface area contributed by atoms with E-state index in [2.05, 4.69) is 21.9 Å². The molecule has 0 saturated carbocycles. The highest BCUT2D eigenvalue weighted by atomic mass is 32.1. The fourth-order valence-electron chi connectivity index (χ4n) is 3.00. The molecule has 0 spiro atoms. The number of pyridine rings is 1. The zero-order valence-electron chi connectivity index (χ0n) is 12.7. The summed E-state index contributed by atoms with van der Waals surface area (Å²) in [6.07, 6.45) is 6.90. The van der Waals surface area contributed by atoms with Gasteiger partial charge in [0.2, 0.25) is 5.88 Å². The first-order chi connectivity index (χ1) is 10.7. The molecule has 0 N–H and O–H groups in total. The lowest BCUT2D eigenvalue weighted by atomic mass is 9.89. The number of aryl methyl sites for hydroxylation is 2. The van der Waals surface area contributed by atoms with Crippen LogP contribution in [0.15, 0.2) is 24.5 Å². The third-order valence-electron chi connectivity index (χ3n) is 4.08. The Kier molecular flexibility index (Phi) is 3.30. The molecule has 0 bridgehead atoms. The average Bonchev–Trinajstić information content (AvgIpc) is 2.85. The molecule has 1 atom stereocenters. The van der Waals surface area contributed by atoms with Gasteiger partial charge in [-0.15, -0.1) is 11.3 Å². The molecule has 22 heavy (non-hydrogen) atoms. The molecule has 112 valence electrons. The second-order valence-electron chi connectivity index (χ2n) is 5.90. The van der Waals surface area contributed by atoms with Crippen molar-refractivity contribution in [3.8, 4) is 11.6 Å². The number of ether oxygens (including phenoxy) is 1. The number of rotatable bonds is 2. The highest BCUT2D eigenvalue weighted by Gasteiger charge is 2.24. The molecule has 3 aromatic heterocycles. The van der Waals surface area contributed by atoms with E-state index in [1.807, 2.05) is 19.1 Å². The molecule has 0 aliphatic heterocycles. The van der Waals surface area contributed by atoms with E-state index in [1.54, 1.807) is 23.7 Å². The maximum Gasteiger partial charge on any atom is 0.231 e. The third-order valence-corrected chi connectivity index (χ3v) is 5.23. The summed E-state index contributed by atoms with van der Waals surface area (Å²) in [5.41, 5.74) is 1.39. The molecule has 1 unspecified atom stereocenters. The SMILES string of the molecule is Cc1nc(Oc2cccnc2)c2c3c(sc2n1)CC(C)CC3. The second-order valence-corrected chi connectivity index (χ2v) is 6.98. The molecule has 4 rings (SSSR count). The van der Waals surface area contributed by atoms with Gasteiger partial charge in [-0.05, 0) is 49.8 Å². The molecule has 0 fully saturated rings. The van der Waals surface area contributed by atoms with E-state index in [1.165, 1.54) is 16.9 Å². The van der Waals surface area contributed by atoms with Crippen LogP contribution in [0, 0.1) is 12.8 Å². The summed E-state index contributed by atoms with van der Waals surface area (Å²) in [5.74, 6) is 2.88. The summed E-state index contributed by atoms with van der Waals surface area (Å²) in [6.45, 7) is 4.23. The minimum atomic E-state index is 0.669. The molecular formula is C17H17N3OS. The van der Waals surface area contributed by atoms with Gasteiger partial charge in [0.1, 0.15) is 16.4 Å². The van der Waals surface area contributed by atoms with Gasteiger partial charge in [0.15, 0.2) is 0 Å². The molecule has 3 heterocycles. The van der Waals surface area contributed by atoms with Crippen LogP contribution in [-0.4, -0.2) is 15.0 Å². The Morgan fingerprint density at radius 3 is 3.05 bits per heavy atom. The van der Waals surface area contributed by atoms with Gasteiger partial charge in [-0.1, -0.05) is 6.92 Å². The Bertz CT molecular complexity index is 829. The van der Waals surface area contributed by atoms with Gasteiger partial charge in [0.25, 0.3) is 0 Å². The van der Waals surface area contributed by atoms with Crippen LogP contribution in [0.5, 0.6) is 11.6 Å². The molecule has 0 aromatic carbocycles. The van der Waals surface area contributed by atoms with Gasteiger partial charge in [-0.2, -0.15) is 4.98 Å². The van der Waals surface area contributed by atoms with Crippen LogP contribution < -0.4 is 4.74 Å². The number of thiophene rings is 1. The smallest absolute Gasteiger partial charge is 0.231 e. The van der Waals surface area contributed by atoms with E-state index in [-0.39, 0.29) is 0 Å². The number of hydrogen-bond donors (Lipinski definition) is 0. The number of fused-ring (bicyclic) bond motifs is 3. The van der Waals surface area contributed by atoms with Crippen molar-refractivity contribution < 1.29 is 4.74 Å². The fourth-order valence-corrected chi connectivity index (χ4v) is 4.42. The van der Waals surface area contributed by atoms with Crippen molar-refractivity contribution >= 4 is 21.6 Å². The first-order valence-electron chi connectivity index (χ1n) is 7.57. The summed E-state index contributed by atoms with van der Waals surface area (Å²) in [6, 6.07) is 3.77. The number of aromatic nitrogens is 3. The molecule has 0 amide bonds. The summed E-state index contributed by atoms with van der Waals surface area (Å²) in [4.78, 5) is 15.8. The predicted octanol–water partition coefficient (Wildman–Crippen LogP) is 4.31. The monoisotopic (exact) mass is 311 g/mol. The van der Waals surface area contributed by atoms with Gasteiger partial charge in [0, 0.05) is 11.1 Å². The van der Waals surface area contributed by atoms with Crippen molar-refractivity contribution in [2.24, 2.45) is 5.92 Å². The van der Waals surface area contributed by atoms with E-state index < -0.39 is 0 Å². The highest BCUT2D eigenvalue weighted by Crippen LogP contribution is 2.41. The zero-order chi connectivity index (χ0) is 15.1. The number of hydrogen-bond acceptors (Lipinski definition) is 5. The van der Waals surface area contributed by atoms with Crippen molar-refractivity contribution in [1.29, 1.82) is 0 Å². The second kappa shape index (κ2) is 5.32. The van der Waals surface area contributed by atoms with Crippen LogP contribution in [0.4, 0.5) is 0 Å². The summed E-state index contributed by atoms with van der Waals surface area (Å²) in [5, 5.41) is 1.10. The molecule has 1 aliphatic rings. The molecule has 3 aromatic rings. The molecular weight excluding hydrogens is 294 g/mol. The Morgan fingerprint density at radius 1 is 1.32 bits per heavy atom. The first-order valence-corrected chi connectivity index (χ1v) is 8.39. The van der Waals surface area contributed by atoms with Gasteiger partial charge in [-0.3, -0.25) is 4.98 Å². The maximum atomic E-state index is 6.02.